The van der Waals surface area contributed by atoms with E-state index in [1.54, 1.807) is 14.0 Å². The first-order chi connectivity index (χ1) is 12.5. The molecule has 0 N–H and O–H groups in total. The normalized spacial score (nSPS) is 20.0. The summed E-state index contributed by atoms with van der Waals surface area (Å²) in [5, 5.41) is 0. The molecule has 1 aliphatic rings. The molecule has 0 bridgehead atoms. The maximum absolute atomic E-state index is 12.6. The molecule has 0 amide bonds. The molecule has 0 spiro atoms. The number of Topliss-reactive ketones (excluding diaryl/α,β-unsaturated/α-hetero) is 1. The summed E-state index contributed by atoms with van der Waals surface area (Å²) in [5.41, 5.74) is 2.01. The second kappa shape index (κ2) is 8.04. The highest BCUT2D eigenvalue weighted by molar-refractivity contribution is 7.85. The predicted octanol–water partition coefficient (Wildman–Crippen LogP) is 4.03. The van der Waals surface area contributed by atoms with Crippen molar-refractivity contribution in [2.75, 3.05) is 12.9 Å². The van der Waals surface area contributed by atoms with Gasteiger partial charge in [-0.05, 0) is 62.4 Å². The molecule has 3 atom stereocenters. The van der Waals surface area contributed by atoms with Crippen LogP contribution in [0.15, 0.2) is 47.4 Å². The SMILES string of the molecule is COc1cc2c(cc1C)O[C@@H](C(C)=O)C[C@H]2CCS(=O)c1ccccc1. The standard InChI is InChI=1S/C21H24O4S/c1-14-11-21-18(13-19(14)24-3)16(12-20(25-21)15(2)22)9-10-26(23)17-7-5-4-6-8-17/h4-8,11,13,16,20H,9-10,12H2,1-3H3/t16-,20-,26?/m1/s1. The van der Waals surface area contributed by atoms with Crippen LogP contribution in [0.1, 0.15) is 36.8 Å². The minimum Gasteiger partial charge on any atom is -0.496 e. The van der Waals surface area contributed by atoms with Gasteiger partial charge in [-0.25, -0.2) is 0 Å². The average Bonchev–Trinajstić information content (AvgIpc) is 2.65. The number of methoxy groups -OCH3 is 1. The van der Waals surface area contributed by atoms with Crippen molar-refractivity contribution in [2.24, 2.45) is 0 Å². The van der Waals surface area contributed by atoms with E-state index in [1.165, 1.54) is 0 Å². The number of carbonyl (C=O) groups excluding carboxylic acids is 1. The van der Waals surface area contributed by atoms with Crippen molar-refractivity contribution in [3.63, 3.8) is 0 Å². The monoisotopic (exact) mass is 372 g/mol. The molecule has 138 valence electrons. The van der Waals surface area contributed by atoms with E-state index in [-0.39, 0.29) is 11.7 Å². The Bertz CT molecular complexity index is 816. The summed E-state index contributed by atoms with van der Waals surface area (Å²) in [6.45, 7) is 3.52. The van der Waals surface area contributed by atoms with E-state index >= 15 is 0 Å². The summed E-state index contributed by atoms with van der Waals surface area (Å²) in [7, 11) is 0.597. The Morgan fingerprint density at radius 3 is 2.65 bits per heavy atom. The lowest BCUT2D eigenvalue weighted by molar-refractivity contribution is -0.124. The molecule has 1 heterocycles. The van der Waals surface area contributed by atoms with Crippen LogP contribution in [0, 0.1) is 6.92 Å². The van der Waals surface area contributed by atoms with Gasteiger partial charge in [0, 0.05) is 16.2 Å². The molecule has 1 unspecified atom stereocenters. The van der Waals surface area contributed by atoms with Gasteiger partial charge in [0.05, 0.1) is 17.9 Å². The quantitative estimate of drug-likeness (QED) is 0.768. The molecule has 2 aromatic carbocycles. The number of carbonyl (C=O) groups is 1. The van der Waals surface area contributed by atoms with Crippen molar-refractivity contribution in [2.45, 2.75) is 43.6 Å². The number of ether oxygens (including phenoxy) is 2. The van der Waals surface area contributed by atoms with E-state index in [0.29, 0.717) is 12.2 Å². The summed E-state index contributed by atoms with van der Waals surface area (Å²) in [4.78, 5) is 12.7. The molecule has 26 heavy (non-hydrogen) atoms. The van der Waals surface area contributed by atoms with Crippen molar-refractivity contribution in [3.05, 3.63) is 53.6 Å². The Labute approximate surface area is 157 Å². The van der Waals surface area contributed by atoms with E-state index in [2.05, 4.69) is 0 Å². The Kier molecular flexibility index (Phi) is 5.77. The van der Waals surface area contributed by atoms with Crippen LogP contribution < -0.4 is 9.47 Å². The molecular formula is C21H24O4S. The number of ketones is 1. The fourth-order valence-corrected chi connectivity index (χ4v) is 4.56. The molecule has 4 nitrogen and oxygen atoms in total. The van der Waals surface area contributed by atoms with E-state index in [0.717, 1.165) is 33.9 Å². The number of hydrogen-bond acceptors (Lipinski definition) is 4. The van der Waals surface area contributed by atoms with Crippen LogP contribution in [0.3, 0.4) is 0 Å². The van der Waals surface area contributed by atoms with Gasteiger partial charge in [0.1, 0.15) is 11.5 Å². The topological polar surface area (TPSA) is 52.6 Å². The first kappa shape index (κ1) is 18.6. The minimum atomic E-state index is -1.05. The van der Waals surface area contributed by atoms with Crippen molar-refractivity contribution < 1.29 is 18.5 Å². The average molecular weight is 372 g/mol. The van der Waals surface area contributed by atoms with Gasteiger partial charge in [-0.15, -0.1) is 0 Å². The third kappa shape index (κ3) is 3.98. The van der Waals surface area contributed by atoms with Gasteiger partial charge in [0.25, 0.3) is 0 Å². The fraction of sp³-hybridized carbons (Fsp3) is 0.381. The maximum atomic E-state index is 12.6. The summed E-state index contributed by atoms with van der Waals surface area (Å²) >= 11 is 0. The van der Waals surface area contributed by atoms with Crippen molar-refractivity contribution >= 4 is 16.6 Å². The summed E-state index contributed by atoms with van der Waals surface area (Å²) in [6, 6.07) is 13.4. The molecule has 3 rings (SSSR count). The van der Waals surface area contributed by atoms with Gasteiger partial charge in [-0.2, -0.15) is 0 Å². The van der Waals surface area contributed by atoms with Crippen LogP contribution in [-0.4, -0.2) is 29.0 Å². The van der Waals surface area contributed by atoms with Crippen LogP contribution in [0.4, 0.5) is 0 Å². The zero-order chi connectivity index (χ0) is 18.7. The van der Waals surface area contributed by atoms with Gasteiger partial charge in [-0.1, -0.05) is 18.2 Å². The van der Waals surface area contributed by atoms with Crippen molar-refractivity contribution in [1.82, 2.24) is 0 Å². The molecule has 0 radical (unpaired) electrons. The van der Waals surface area contributed by atoms with Crippen LogP contribution in [0.5, 0.6) is 11.5 Å². The van der Waals surface area contributed by atoms with Gasteiger partial charge in [0.2, 0.25) is 0 Å². The Morgan fingerprint density at radius 1 is 1.27 bits per heavy atom. The summed E-state index contributed by atoms with van der Waals surface area (Å²) < 4.78 is 23.9. The first-order valence-electron chi connectivity index (χ1n) is 8.78. The Morgan fingerprint density at radius 2 is 2.00 bits per heavy atom. The van der Waals surface area contributed by atoms with Gasteiger partial charge in [-0.3, -0.25) is 9.00 Å². The molecule has 0 saturated heterocycles. The number of benzene rings is 2. The van der Waals surface area contributed by atoms with Gasteiger partial charge >= 0.3 is 0 Å². The highest BCUT2D eigenvalue weighted by Gasteiger charge is 2.32. The molecular weight excluding hydrogens is 348 g/mol. The predicted molar refractivity (Wildman–Crippen MR) is 103 cm³/mol. The fourth-order valence-electron chi connectivity index (χ4n) is 3.37. The van der Waals surface area contributed by atoms with E-state index in [1.807, 2.05) is 49.4 Å². The lowest BCUT2D eigenvalue weighted by Crippen LogP contribution is -2.32. The van der Waals surface area contributed by atoms with Gasteiger partial charge in [0.15, 0.2) is 11.9 Å². The summed E-state index contributed by atoms with van der Waals surface area (Å²) in [5.74, 6) is 2.25. The molecule has 0 saturated carbocycles. The molecule has 0 aliphatic carbocycles. The van der Waals surface area contributed by atoms with Gasteiger partial charge < -0.3 is 9.47 Å². The number of fused-ring (bicyclic) bond motifs is 1. The maximum Gasteiger partial charge on any atom is 0.170 e. The number of aryl methyl sites for hydroxylation is 1. The van der Waals surface area contributed by atoms with Crippen LogP contribution in [0.25, 0.3) is 0 Å². The van der Waals surface area contributed by atoms with Crippen molar-refractivity contribution in [1.29, 1.82) is 0 Å². The van der Waals surface area contributed by atoms with Crippen LogP contribution in [0.2, 0.25) is 0 Å². The smallest absolute Gasteiger partial charge is 0.170 e. The molecule has 0 aromatic heterocycles. The highest BCUT2D eigenvalue weighted by atomic mass is 32.2. The third-order valence-corrected chi connectivity index (χ3v) is 6.25. The first-order valence-corrected chi connectivity index (χ1v) is 10.1. The summed E-state index contributed by atoms with van der Waals surface area (Å²) in [6.07, 6.45) is 0.902. The zero-order valence-corrected chi connectivity index (χ0v) is 16.2. The molecule has 5 heteroatoms. The van der Waals surface area contributed by atoms with Crippen LogP contribution >= 0.6 is 0 Å². The second-order valence-electron chi connectivity index (χ2n) is 6.66. The van der Waals surface area contributed by atoms with E-state index < -0.39 is 16.9 Å². The third-order valence-electron chi connectivity index (χ3n) is 4.85. The highest BCUT2D eigenvalue weighted by Crippen LogP contribution is 2.42. The Balaban J connectivity index is 1.83. The van der Waals surface area contributed by atoms with Crippen LogP contribution in [-0.2, 0) is 15.6 Å². The molecule has 0 fully saturated rings. The number of hydrogen-bond donors (Lipinski definition) is 0. The number of rotatable bonds is 6. The lowest BCUT2D eigenvalue weighted by Gasteiger charge is -2.31. The van der Waals surface area contributed by atoms with Crippen molar-refractivity contribution in [3.8, 4) is 11.5 Å². The lowest BCUT2D eigenvalue weighted by atomic mass is 9.86. The second-order valence-corrected chi connectivity index (χ2v) is 8.23. The molecule has 1 aliphatic heterocycles. The van der Waals surface area contributed by atoms with E-state index in [9.17, 15) is 9.00 Å². The zero-order valence-electron chi connectivity index (χ0n) is 15.4. The largest absolute Gasteiger partial charge is 0.496 e. The minimum absolute atomic E-state index is 0.0262. The Hall–Kier alpha value is -2.14. The van der Waals surface area contributed by atoms with E-state index in [4.69, 9.17) is 9.47 Å². The molecule has 2 aromatic rings.